The average Bonchev–Trinajstić information content (AvgIpc) is 3.13. The highest BCUT2D eigenvalue weighted by Gasteiger charge is 2.15. The van der Waals surface area contributed by atoms with Crippen LogP contribution < -0.4 is 14.8 Å². The molecule has 0 fully saturated rings. The first-order valence-corrected chi connectivity index (χ1v) is 7.09. The molecule has 0 saturated heterocycles. The summed E-state index contributed by atoms with van der Waals surface area (Å²) in [7, 11) is 0. The van der Waals surface area contributed by atoms with Crippen molar-refractivity contribution < 1.29 is 18.8 Å². The molecule has 1 N–H and O–H groups in total. The molecule has 1 aliphatic heterocycles. The smallest absolute Gasteiger partial charge is 0.246 e. The van der Waals surface area contributed by atoms with Crippen LogP contribution in [-0.2, 0) is 17.8 Å². The molecule has 0 radical (unpaired) electrons. The number of ether oxygens (including phenoxy) is 2. The van der Waals surface area contributed by atoms with E-state index < -0.39 is 0 Å². The van der Waals surface area contributed by atoms with Crippen LogP contribution in [0.5, 0.6) is 11.5 Å². The van der Waals surface area contributed by atoms with Crippen molar-refractivity contribution in [1.29, 1.82) is 0 Å². The zero-order valence-electron chi connectivity index (χ0n) is 12.5. The minimum Gasteiger partial charge on any atom is -0.454 e. The van der Waals surface area contributed by atoms with Crippen molar-refractivity contribution in [3.8, 4) is 11.5 Å². The largest absolute Gasteiger partial charge is 0.454 e. The molecule has 1 aliphatic rings. The van der Waals surface area contributed by atoms with Crippen LogP contribution in [0.25, 0.3) is 0 Å². The van der Waals surface area contributed by atoms with Crippen molar-refractivity contribution in [1.82, 2.24) is 15.5 Å². The molecule has 1 amide bonds. The van der Waals surface area contributed by atoms with Crippen LogP contribution in [0.15, 0.2) is 22.7 Å². The molecule has 7 nitrogen and oxygen atoms in total. The maximum Gasteiger partial charge on any atom is 0.246 e. The number of fused-ring (bicyclic) bond motifs is 1. The van der Waals surface area contributed by atoms with E-state index in [1.165, 1.54) is 0 Å². The maximum atomic E-state index is 12.0. The Kier molecular flexibility index (Phi) is 3.95. The van der Waals surface area contributed by atoms with Crippen LogP contribution in [0.2, 0.25) is 0 Å². The standard InChI is InChI=1S/C15H17N3O4/c1-9(2)15-17-14(22-18-15)7-16-13(19)6-10-3-4-11-12(5-10)21-8-20-11/h3-5,9H,6-8H2,1-2H3,(H,16,19). The van der Waals surface area contributed by atoms with E-state index in [0.717, 1.165) is 5.56 Å². The second-order valence-corrected chi connectivity index (χ2v) is 5.34. The summed E-state index contributed by atoms with van der Waals surface area (Å²) in [5.41, 5.74) is 0.857. The van der Waals surface area contributed by atoms with Crippen LogP contribution >= 0.6 is 0 Å². The van der Waals surface area contributed by atoms with Gasteiger partial charge in [0.2, 0.25) is 18.6 Å². The van der Waals surface area contributed by atoms with E-state index in [9.17, 15) is 4.79 Å². The summed E-state index contributed by atoms with van der Waals surface area (Å²) >= 11 is 0. The van der Waals surface area contributed by atoms with Gasteiger partial charge in [0.1, 0.15) is 0 Å². The molecule has 116 valence electrons. The Bertz CT molecular complexity index is 681. The number of hydrogen-bond acceptors (Lipinski definition) is 6. The summed E-state index contributed by atoms with van der Waals surface area (Å²) in [5, 5.41) is 6.61. The summed E-state index contributed by atoms with van der Waals surface area (Å²) < 4.78 is 15.6. The van der Waals surface area contributed by atoms with E-state index in [1.807, 2.05) is 26.0 Å². The monoisotopic (exact) mass is 303 g/mol. The topological polar surface area (TPSA) is 86.5 Å². The fourth-order valence-electron chi connectivity index (χ4n) is 2.05. The van der Waals surface area contributed by atoms with Gasteiger partial charge in [0.25, 0.3) is 0 Å². The Balaban J connectivity index is 1.54. The third kappa shape index (κ3) is 3.19. The number of carbonyl (C=O) groups is 1. The normalized spacial score (nSPS) is 12.7. The molecule has 1 aromatic heterocycles. The van der Waals surface area contributed by atoms with Gasteiger partial charge in [-0.15, -0.1) is 0 Å². The molecule has 0 aliphatic carbocycles. The summed E-state index contributed by atoms with van der Waals surface area (Å²) in [6.07, 6.45) is 0.252. The second kappa shape index (κ2) is 6.05. The minimum atomic E-state index is -0.122. The molecule has 0 unspecified atom stereocenters. The van der Waals surface area contributed by atoms with Crippen molar-refractivity contribution in [2.45, 2.75) is 32.7 Å². The number of hydrogen-bond donors (Lipinski definition) is 1. The first-order chi connectivity index (χ1) is 10.6. The molecule has 0 bridgehead atoms. The third-order valence-electron chi connectivity index (χ3n) is 3.24. The van der Waals surface area contributed by atoms with Crippen molar-refractivity contribution in [2.75, 3.05) is 6.79 Å². The zero-order valence-corrected chi connectivity index (χ0v) is 12.5. The molecule has 7 heteroatoms. The van der Waals surface area contributed by atoms with Gasteiger partial charge in [0.05, 0.1) is 13.0 Å². The lowest BCUT2D eigenvalue weighted by Gasteiger charge is -2.04. The number of rotatable bonds is 5. The highest BCUT2D eigenvalue weighted by atomic mass is 16.7. The molecule has 3 rings (SSSR count). The molecule has 1 aromatic carbocycles. The lowest BCUT2D eigenvalue weighted by Crippen LogP contribution is -2.24. The van der Waals surface area contributed by atoms with Crippen LogP contribution in [0.3, 0.4) is 0 Å². The third-order valence-corrected chi connectivity index (χ3v) is 3.24. The number of carbonyl (C=O) groups excluding carboxylic acids is 1. The Morgan fingerprint density at radius 3 is 2.91 bits per heavy atom. The zero-order chi connectivity index (χ0) is 15.5. The molecule has 22 heavy (non-hydrogen) atoms. The SMILES string of the molecule is CC(C)c1noc(CNC(=O)Cc2ccc3c(c2)OCO3)n1. The van der Waals surface area contributed by atoms with Crippen LogP contribution in [-0.4, -0.2) is 22.8 Å². The minimum absolute atomic E-state index is 0.122. The van der Waals surface area contributed by atoms with Gasteiger partial charge < -0.3 is 19.3 Å². The lowest BCUT2D eigenvalue weighted by atomic mass is 10.1. The van der Waals surface area contributed by atoms with E-state index in [2.05, 4.69) is 15.5 Å². The van der Waals surface area contributed by atoms with Gasteiger partial charge in [-0.05, 0) is 17.7 Å². The average molecular weight is 303 g/mol. The van der Waals surface area contributed by atoms with Crippen LogP contribution in [0.4, 0.5) is 0 Å². The second-order valence-electron chi connectivity index (χ2n) is 5.34. The molecule has 0 spiro atoms. The molecule has 0 saturated carbocycles. The lowest BCUT2D eigenvalue weighted by molar-refractivity contribution is -0.120. The van der Waals surface area contributed by atoms with E-state index in [4.69, 9.17) is 14.0 Å². The summed E-state index contributed by atoms with van der Waals surface area (Å²) in [6, 6.07) is 5.46. The Morgan fingerprint density at radius 2 is 2.14 bits per heavy atom. The quantitative estimate of drug-likeness (QED) is 0.906. The number of nitrogens with zero attached hydrogens (tertiary/aromatic N) is 2. The van der Waals surface area contributed by atoms with Crippen molar-refractivity contribution >= 4 is 5.91 Å². The number of nitrogens with one attached hydrogen (secondary N) is 1. The maximum absolute atomic E-state index is 12.0. The summed E-state index contributed by atoms with van der Waals surface area (Å²) in [6.45, 7) is 4.41. The van der Waals surface area contributed by atoms with Gasteiger partial charge in [-0.3, -0.25) is 4.79 Å². The Hall–Kier alpha value is -2.57. The van der Waals surface area contributed by atoms with E-state index in [-0.39, 0.29) is 31.6 Å². The first kappa shape index (κ1) is 14.4. The Morgan fingerprint density at radius 1 is 1.32 bits per heavy atom. The van der Waals surface area contributed by atoms with Crippen LogP contribution in [0.1, 0.15) is 37.0 Å². The fourth-order valence-corrected chi connectivity index (χ4v) is 2.05. The van der Waals surface area contributed by atoms with E-state index in [0.29, 0.717) is 23.2 Å². The van der Waals surface area contributed by atoms with E-state index >= 15 is 0 Å². The summed E-state index contributed by atoms with van der Waals surface area (Å²) in [5.74, 6) is 2.49. The molecular weight excluding hydrogens is 286 g/mol. The van der Waals surface area contributed by atoms with Crippen LogP contribution in [0, 0.1) is 0 Å². The molecule has 0 atom stereocenters. The van der Waals surface area contributed by atoms with Crippen molar-refractivity contribution in [3.05, 3.63) is 35.5 Å². The molecular formula is C15H17N3O4. The number of aromatic nitrogens is 2. The highest BCUT2D eigenvalue weighted by Crippen LogP contribution is 2.32. The van der Waals surface area contributed by atoms with Crippen molar-refractivity contribution in [2.24, 2.45) is 0 Å². The highest BCUT2D eigenvalue weighted by molar-refractivity contribution is 5.78. The first-order valence-electron chi connectivity index (χ1n) is 7.09. The predicted octanol–water partition coefficient (Wildman–Crippen LogP) is 1.78. The van der Waals surface area contributed by atoms with Gasteiger partial charge >= 0.3 is 0 Å². The van der Waals surface area contributed by atoms with Crippen molar-refractivity contribution in [3.63, 3.8) is 0 Å². The van der Waals surface area contributed by atoms with Gasteiger partial charge in [-0.25, -0.2) is 0 Å². The fraction of sp³-hybridized carbons (Fsp3) is 0.400. The van der Waals surface area contributed by atoms with Gasteiger partial charge in [-0.1, -0.05) is 25.1 Å². The summed E-state index contributed by atoms with van der Waals surface area (Å²) in [4.78, 5) is 16.2. The van der Waals surface area contributed by atoms with Gasteiger partial charge in [0.15, 0.2) is 17.3 Å². The molecule has 2 aromatic rings. The predicted molar refractivity (Wildman–Crippen MR) is 76.5 cm³/mol. The van der Waals surface area contributed by atoms with Gasteiger partial charge in [-0.2, -0.15) is 4.98 Å². The van der Waals surface area contributed by atoms with Gasteiger partial charge in [0, 0.05) is 5.92 Å². The Labute approximate surface area is 127 Å². The number of benzene rings is 1. The molecule has 2 heterocycles. The number of amides is 1. The van der Waals surface area contributed by atoms with E-state index in [1.54, 1.807) is 6.07 Å².